The molecule has 5 nitrogen and oxygen atoms in total. The van der Waals surface area contributed by atoms with Gasteiger partial charge in [-0.05, 0) is 38.7 Å². The predicted molar refractivity (Wildman–Crippen MR) is 89.4 cm³/mol. The molecule has 0 spiro atoms. The summed E-state index contributed by atoms with van der Waals surface area (Å²) < 4.78 is 33.0. The number of hydrogen-bond acceptors (Lipinski definition) is 4. The number of halogens is 2. The molecular weight excluding hydrogens is 342 g/mol. The summed E-state index contributed by atoms with van der Waals surface area (Å²) in [6, 6.07) is 3.89. The highest BCUT2D eigenvalue weighted by Gasteiger charge is 2.58. The van der Waals surface area contributed by atoms with E-state index in [9.17, 15) is 23.9 Å². The van der Waals surface area contributed by atoms with Crippen LogP contribution in [0, 0.1) is 34.3 Å². The lowest BCUT2D eigenvalue weighted by molar-refractivity contribution is -0.151. The Morgan fingerprint density at radius 1 is 1.42 bits per heavy atom. The molecule has 1 aliphatic heterocycles. The van der Waals surface area contributed by atoms with Gasteiger partial charge >= 0.3 is 5.97 Å². The number of nitriles is 1. The SMILES string of the molecule is COc1c(C2C(C#N)=C(C)NC(C3CC3)C2(C)C(=O)O)ccc(F)c1F. The predicted octanol–water partition coefficient (Wildman–Crippen LogP) is 3.33. The molecule has 1 fully saturated rings. The van der Waals surface area contributed by atoms with Gasteiger partial charge in [0.25, 0.3) is 0 Å². The lowest BCUT2D eigenvalue weighted by atomic mass is 9.62. The van der Waals surface area contributed by atoms with Gasteiger partial charge in [0.15, 0.2) is 11.6 Å². The number of benzene rings is 1. The van der Waals surface area contributed by atoms with E-state index < -0.39 is 35.0 Å². The third-order valence-electron chi connectivity index (χ3n) is 5.58. The van der Waals surface area contributed by atoms with Gasteiger partial charge in [0.1, 0.15) is 0 Å². The maximum atomic E-state index is 14.3. The zero-order valence-corrected chi connectivity index (χ0v) is 14.8. The first kappa shape index (κ1) is 18.2. The second kappa shape index (κ2) is 6.27. The molecule has 138 valence electrons. The van der Waals surface area contributed by atoms with Crippen LogP contribution in [0.15, 0.2) is 23.4 Å². The molecule has 1 aromatic carbocycles. The Morgan fingerprint density at radius 2 is 2.08 bits per heavy atom. The average Bonchev–Trinajstić information content (AvgIpc) is 3.43. The second-order valence-corrected chi connectivity index (χ2v) is 7.11. The van der Waals surface area contributed by atoms with Crippen LogP contribution >= 0.6 is 0 Å². The highest BCUT2D eigenvalue weighted by molar-refractivity contribution is 5.79. The van der Waals surface area contributed by atoms with Crippen molar-refractivity contribution in [3.8, 4) is 11.8 Å². The zero-order valence-electron chi connectivity index (χ0n) is 14.8. The third-order valence-corrected chi connectivity index (χ3v) is 5.58. The molecular formula is C19H20F2N2O3. The Kier molecular flexibility index (Phi) is 4.39. The van der Waals surface area contributed by atoms with E-state index in [0.717, 1.165) is 18.9 Å². The smallest absolute Gasteiger partial charge is 0.312 e. The van der Waals surface area contributed by atoms with Crippen molar-refractivity contribution in [3.05, 3.63) is 40.6 Å². The topological polar surface area (TPSA) is 82.3 Å². The van der Waals surface area contributed by atoms with Crippen LogP contribution in [0.2, 0.25) is 0 Å². The molecule has 1 saturated carbocycles. The van der Waals surface area contributed by atoms with Gasteiger partial charge in [0.2, 0.25) is 5.82 Å². The minimum Gasteiger partial charge on any atom is -0.493 e. The van der Waals surface area contributed by atoms with E-state index in [2.05, 4.69) is 11.4 Å². The molecule has 2 N–H and O–H groups in total. The summed E-state index contributed by atoms with van der Waals surface area (Å²) in [5.41, 5.74) is -0.501. The van der Waals surface area contributed by atoms with Gasteiger partial charge in [0.05, 0.1) is 24.2 Å². The molecule has 0 radical (unpaired) electrons. The number of carbonyl (C=O) groups is 1. The van der Waals surface area contributed by atoms with E-state index in [1.807, 2.05) is 0 Å². The quantitative estimate of drug-likeness (QED) is 0.859. The van der Waals surface area contributed by atoms with Crippen molar-refractivity contribution in [3.63, 3.8) is 0 Å². The molecule has 1 heterocycles. The minimum absolute atomic E-state index is 0.157. The fourth-order valence-electron chi connectivity index (χ4n) is 4.06. The van der Waals surface area contributed by atoms with Crippen LogP contribution in [0.4, 0.5) is 8.78 Å². The van der Waals surface area contributed by atoms with E-state index in [0.29, 0.717) is 5.70 Å². The number of rotatable bonds is 4. The number of hydrogen-bond donors (Lipinski definition) is 2. The third kappa shape index (κ3) is 2.52. The number of carboxylic acids is 1. The van der Waals surface area contributed by atoms with Crippen molar-refractivity contribution < 1.29 is 23.4 Å². The summed E-state index contributed by atoms with van der Waals surface area (Å²) in [7, 11) is 1.20. The highest BCUT2D eigenvalue weighted by Crippen LogP contribution is 2.55. The number of carboxylic acid groups (broad SMARTS) is 1. The highest BCUT2D eigenvalue weighted by atomic mass is 19.2. The van der Waals surface area contributed by atoms with Crippen molar-refractivity contribution in [1.29, 1.82) is 5.26 Å². The Labute approximate surface area is 150 Å². The summed E-state index contributed by atoms with van der Waals surface area (Å²) in [6.45, 7) is 3.26. The summed E-state index contributed by atoms with van der Waals surface area (Å²) in [5.74, 6) is -4.53. The van der Waals surface area contributed by atoms with E-state index >= 15 is 0 Å². The van der Waals surface area contributed by atoms with Crippen LogP contribution < -0.4 is 10.1 Å². The molecule has 0 aromatic heterocycles. The maximum absolute atomic E-state index is 14.3. The van der Waals surface area contributed by atoms with Crippen LogP contribution in [0.1, 0.15) is 38.2 Å². The molecule has 2 aliphatic rings. The van der Waals surface area contributed by atoms with E-state index in [-0.39, 0.29) is 22.8 Å². The van der Waals surface area contributed by atoms with Crippen LogP contribution in [0.3, 0.4) is 0 Å². The second-order valence-electron chi connectivity index (χ2n) is 7.11. The Morgan fingerprint density at radius 3 is 2.58 bits per heavy atom. The fraction of sp³-hybridized carbons (Fsp3) is 0.474. The van der Waals surface area contributed by atoms with E-state index in [1.54, 1.807) is 13.8 Å². The summed E-state index contributed by atoms with van der Waals surface area (Å²) in [4.78, 5) is 12.3. The van der Waals surface area contributed by atoms with Gasteiger partial charge in [-0.15, -0.1) is 0 Å². The molecule has 1 aromatic rings. The lowest BCUT2D eigenvalue weighted by Gasteiger charge is -2.46. The normalized spacial score (nSPS) is 28.3. The Balaban J connectivity index is 2.30. The van der Waals surface area contributed by atoms with Crippen LogP contribution in [-0.4, -0.2) is 24.2 Å². The van der Waals surface area contributed by atoms with Crippen molar-refractivity contribution in [2.75, 3.05) is 7.11 Å². The molecule has 3 unspecified atom stereocenters. The number of methoxy groups -OCH3 is 1. The van der Waals surface area contributed by atoms with E-state index in [1.165, 1.54) is 13.2 Å². The van der Waals surface area contributed by atoms with E-state index in [4.69, 9.17) is 4.74 Å². The monoisotopic (exact) mass is 362 g/mol. The first-order valence-electron chi connectivity index (χ1n) is 8.40. The van der Waals surface area contributed by atoms with Crippen molar-refractivity contribution in [2.24, 2.45) is 11.3 Å². The molecule has 7 heteroatoms. The molecule has 26 heavy (non-hydrogen) atoms. The maximum Gasteiger partial charge on any atom is 0.312 e. The number of ether oxygens (including phenoxy) is 1. The fourth-order valence-corrected chi connectivity index (χ4v) is 4.06. The number of allylic oxidation sites excluding steroid dienone is 2. The number of nitrogens with one attached hydrogen (secondary N) is 1. The zero-order chi connectivity index (χ0) is 19.2. The first-order chi connectivity index (χ1) is 12.3. The Hall–Kier alpha value is -2.62. The Bertz CT molecular complexity index is 842. The summed E-state index contributed by atoms with van der Waals surface area (Å²) in [5, 5.41) is 23.0. The molecule has 3 rings (SSSR count). The molecule has 0 bridgehead atoms. The summed E-state index contributed by atoms with van der Waals surface area (Å²) in [6.07, 6.45) is 1.77. The van der Waals surface area contributed by atoms with Gasteiger partial charge in [-0.3, -0.25) is 4.79 Å². The molecule has 0 amide bonds. The van der Waals surface area contributed by atoms with Crippen molar-refractivity contribution >= 4 is 5.97 Å². The minimum atomic E-state index is -1.41. The van der Waals surface area contributed by atoms with Crippen molar-refractivity contribution in [1.82, 2.24) is 5.32 Å². The molecule has 1 aliphatic carbocycles. The van der Waals surface area contributed by atoms with Gasteiger partial charge in [-0.2, -0.15) is 9.65 Å². The van der Waals surface area contributed by atoms with Gasteiger partial charge in [0, 0.05) is 23.2 Å². The van der Waals surface area contributed by atoms with Crippen LogP contribution in [-0.2, 0) is 4.79 Å². The van der Waals surface area contributed by atoms with Crippen LogP contribution in [0.25, 0.3) is 0 Å². The van der Waals surface area contributed by atoms with Gasteiger partial charge in [-0.1, -0.05) is 6.07 Å². The average molecular weight is 362 g/mol. The van der Waals surface area contributed by atoms with Gasteiger partial charge in [-0.25, -0.2) is 4.39 Å². The van der Waals surface area contributed by atoms with Crippen molar-refractivity contribution in [2.45, 2.75) is 38.6 Å². The molecule has 0 saturated heterocycles. The lowest BCUT2D eigenvalue weighted by Crippen LogP contribution is -2.56. The largest absolute Gasteiger partial charge is 0.493 e. The summed E-state index contributed by atoms with van der Waals surface area (Å²) >= 11 is 0. The number of nitrogens with zero attached hydrogens (tertiary/aromatic N) is 1. The molecule has 3 atom stereocenters. The first-order valence-corrected chi connectivity index (χ1v) is 8.40. The standard InChI is InChI=1S/C19H20F2N2O3/c1-9-12(8-22)14(11-6-7-13(20)15(21)16(11)26-3)19(2,18(24)25)17(23-9)10-4-5-10/h6-7,10,14,17,23H,4-5H2,1-3H3,(H,24,25). The number of aliphatic carboxylic acids is 1. The van der Waals surface area contributed by atoms with Gasteiger partial charge < -0.3 is 15.2 Å². The van der Waals surface area contributed by atoms with Crippen LogP contribution in [0.5, 0.6) is 5.75 Å².